The maximum Gasteiger partial charge on any atom is 0.349 e. The van der Waals surface area contributed by atoms with Crippen LogP contribution in [0.1, 0.15) is 16.7 Å². The van der Waals surface area contributed by atoms with E-state index in [2.05, 4.69) is 4.98 Å². The summed E-state index contributed by atoms with van der Waals surface area (Å²) in [6.45, 7) is 0.0378. The van der Waals surface area contributed by atoms with Crippen LogP contribution in [0.4, 0.5) is 5.82 Å². The quantitative estimate of drug-likeness (QED) is 0.422. The molecule has 6 heteroatoms. The monoisotopic (exact) mass is 427 g/mol. The molecule has 6 nitrogen and oxygen atoms in total. The van der Waals surface area contributed by atoms with Crippen LogP contribution in [0.3, 0.4) is 0 Å². The number of rotatable bonds is 8. The van der Waals surface area contributed by atoms with Gasteiger partial charge in [-0.05, 0) is 22.8 Å². The molecule has 0 aliphatic carbocycles. The number of benzene rings is 3. The van der Waals surface area contributed by atoms with Crippen LogP contribution in [0.15, 0.2) is 108 Å². The lowest BCUT2D eigenvalue weighted by Crippen LogP contribution is -2.37. The summed E-state index contributed by atoms with van der Waals surface area (Å²) >= 11 is 0. The molecule has 0 aliphatic heterocycles. The molecule has 3 N–H and O–H groups in total. The van der Waals surface area contributed by atoms with Crippen LogP contribution in [0.25, 0.3) is 0 Å². The SMILES string of the molecule is Nc1ccn(C[C@H](O)COC(c2ccccc2)(c2ccccc2)c2ccccc2)c(=O)n1. The first-order valence-corrected chi connectivity index (χ1v) is 10.4. The van der Waals surface area contributed by atoms with E-state index in [4.69, 9.17) is 10.5 Å². The van der Waals surface area contributed by atoms with Crippen LogP contribution in [0.5, 0.6) is 0 Å². The summed E-state index contributed by atoms with van der Waals surface area (Å²) in [5, 5.41) is 10.8. The first-order chi connectivity index (χ1) is 15.6. The van der Waals surface area contributed by atoms with Gasteiger partial charge in [-0.25, -0.2) is 4.79 Å². The number of nitrogen functional groups attached to an aromatic ring is 1. The third kappa shape index (κ3) is 4.46. The minimum absolute atomic E-state index is 0.00446. The predicted molar refractivity (Wildman–Crippen MR) is 124 cm³/mol. The Balaban J connectivity index is 1.72. The fourth-order valence-electron chi connectivity index (χ4n) is 3.85. The van der Waals surface area contributed by atoms with Gasteiger partial charge in [0.15, 0.2) is 0 Å². The highest BCUT2D eigenvalue weighted by atomic mass is 16.5. The zero-order valence-corrected chi connectivity index (χ0v) is 17.5. The van der Waals surface area contributed by atoms with Crippen molar-refractivity contribution in [2.45, 2.75) is 18.2 Å². The highest BCUT2D eigenvalue weighted by molar-refractivity contribution is 5.47. The van der Waals surface area contributed by atoms with E-state index in [1.165, 1.54) is 16.8 Å². The second-order valence-corrected chi connectivity index (χ2v) is 7.53. The third-order valence-corrected chi connectivity index (χ3v) is 5.34. The van der Waals surface area contributed by atoms with E-state index in [-0.39, 0.29) is 19.0 Å². The van der Waals surface area contributed by atoms with E-state index in [1.54, 1.807) is 0 Å². The second-order valence-electron chi connectivity index (χ2n) is 7.53. The van der Waals surface area contributed by atoms with Gasteiger partial charge >= 0.3 is 5.69 Å². The average Bonchev–Trinajstić information content (AvgIpc) is 2.83. The molecule has 4 aromatic rings. The van der Waals surface area contributed by atoms with Gasteiger partial charge in [0.2, 0.25) is 0 Å². The third-order valence-electron chi connectivity index (χ3n) is 5.34. The van der Waals surface area contributed by atoms with E-state index in [0.717, 1.165) is 16.7 Å². The first kappa shape index (κ1) is 21.5. The van der Waals surface area contributed by atoms with E-state index < -0.39 is 17.4 Å². The van der Waals surface area contributed by atoms with E-state index in [9.17, 15) is 9.90 Å². The molecule has 0 aliphatic rings. The van der Waals surface area contributed by atoms with Gasteiger partial charge in [0.1, 0.15) is 11.4 Å². The van der Waals surface area contributed by atoms with Crippen molar-refractivity contribution in [2.75, 3.05) is 12.3 Å². The maximum atomic E-state index is 12.1. The van der Waals surface area contributed by atoms with Crippen molar-refractivity contribution in [3.63, 3.8) is 0 Å². The zero-order chi connectivity index (χ0) is 22.4. The van der Waals surface area contributed by atoms with Crippen molar-refractivity contribution in [2.24, 2.45) is 0 Å². The Morgan fingerprint density at radius 3 is 1.75 bits per heavy atom. The molecule has 0 unspecified atom stereocenters. The molecule has 1 atom stereocenters. The summed E-state index contributed by atoms with van der Waals surface area (Å²) in [4.78, 5) is 15.8. The molecule has 0 saturated heterocycles. The van der Waals surface area contributed by atoms with Crippen molar-refractivity contribution in [3.8, 4) is 0 Å². The summed E-state index contributed by atoms with van der Waals surface area (Å²) in [6, 6.07) is 31.3. The molecule has 162 valence electrons. The molecule has 0 saturated carbocycles. The van der Waals surface area contributed by atoms with Gasteiger partial charge < -0.3 is 15.6 Å². The van der Waals surface area contributed by atoms with Crippen molar-refractivity contribution < 1.29 is 9.84 Å². The Morgan fingerprint density at radius 1 is 0.844 bits per heavy atom. The molecule has 0 amide bonds. The van der Waals surface area contributed by atoms with Gasteiger partial charge in [-0.1, -0.05) is 91.0 Å². The molecule has 0 radical (unpaired) electrons. The predicted octanol–water partition coefficient (Wildman–Crippen LogP) is 3.20. The topological polar surface area (TPSA) is 90.4 Å². The molecule has 0 spiro atoms. The molecule has 1 heterocycles. The number of anilines is 1. The zero-order valence-electron chi connectivity index (χ0n) is 17.5. The average molecular weight is 428 g/mol. The van der Waals surface area contributed by atoms with E-state index in [0.29, 0.717) is 0 Å². The molecule has 3 aromatic carbocycles. The molecule has 0 fully saturated rings. The van der Waals surface area contributed by atoms with E-state index in [1.807, 2.05) is 91.0 Å². The number of nitrogens with zero attached hydrogens (tertiary/aromatic N) is 2. The normalized spacial score (nSPS) is 12.4. The van der Waals surface area contributed by atoms with Gasteiger partial charge in [-0.3, -0.25) is 4.57 Å². The first-order valence-electron chi connectivity index (χ1n) is 10.4. The number of aliphatic hydroxyl groups excluding tert-OH is 1. The fourth-order valence-corrected chi connectivity index (χ4v) is 3.85. The number of nitrogens with two attached hydrogens (primary N) is 1. The van der Waals surface area contributed by atoms with Crippen molar-refractivity contribution in [1.82, 2.24) is 9.55 Å². The number of hydrogen-bond donors (Lipinski definition) is 2. The van der Waals surface area contributed by atoms with Crippen LogP contribution in [0, 0.1) is 0 Å². The van der Waals surface area contributed by atoms with Crippen molar-refractivity contribution in [3.05, 3.63) is 130 Å². The van der Waals surface area contributed by atoms with Gasteiger partial charge in [-0.2, -0.15) is 4.98 Å². The lowest BCUT2D eigenvalue weighted by molar-refractivity contribution is -0.0426. The molecular weight excluding hydrogens is 402 g/mol. The summed E-state index contributed by atoms with van der Waals surface area (Å²) < 4.78 is 7.89. The van der Waals surface area contributed by atoms with Crippen LogP contribution in [-0.2, 0) is 16.9 Å². The minimum Gasteiger partial charge on any atom is -0.389 e. The van der Waals surface area contributed by atoms with Crippen LogP contribution in [-0.4, -0.2) is 27.4 Å². The maximum absolute atomic E-state index is 12.1. The smallest absolute Gasteiger partial charge is 0.349 e. The summed E-state index contributed by atoms with van der Waals surface area (Å²) in [5.41, 5.74) is 6.93. The molecule has 4 rings (SSSR count). The summed E-state index contributed by atoms with van der Waals surface area (Å²) in [5.74, 6) is 0.147. The minimum atomic E-state index is -0.936. The van der Waals surface area contributed by atoms with Gasteiger partial charge in [0.05, 0.1) is 19.3 Å². The molecule has 1 aromatic heterocycles. The Kier molecular flexibility index (Phi) is 6.44. The van der Waals surface area contributed by atoms with Crippen molar-refractivity contribution in [1.29, 1.82) is 0 Å². The van der Waals surface area contributed by atoms with Crippen molar-refractivity contribution >= 4 is 5.82 Å². The lowest BCUT2D eigenvalue weighted by Gasteiger charge is -2.36. The molecule has 32 heavy (non-hydrogen) atoms. The number of aliphatic hydroxyl groups is 1. The fraction of sp³-hybridized carbons (Fsp3) is 0.154. The van der Waals surface area contributed by atoms with Gasteiger partial charge in [0, 0.05) is 6.20 Å². The van der Waals surface area contributed by atoms with Gasteiger partial charge in [0.25, 0.3) is 0 Å². The Bertz CT molecular complexity index is 1100. The lowest BCUT2D eigenvalue weighted by atomic mass is 9.80. The highest BCUT2D eigenvalue weighted by Gasteiger charge is 2.38. The van der Waals surface area contributed by atoms with Crippen LogP contribution >= 0.6 is 0 Å². The number of ether oxygens (including phenoxy) is 1. The van der Waals surface area contributed by atoms with Crippen LogP contribution in [0.2, 0.25) is 0 Å². The summed E-state index contributed by atoms with van der Waals surface area (Å²) in [7, 11) is 0. The second kappa shape index (κ2) is 9.60. The van der Waals surface area contributed by atoms with Crippen LogP contribution < -0.4 is 11.4 Å². The summed E-state index contributed by atoms with van der Waals surface area (Å²) in [6.07, 6.45) is 0.584. The Morgan fingerprint density at radius 2 is 1.31 bits per heavy atom. The molecular formula is C26H25N3O3. The number of aromatic nitrogens is 2. The Labute approximate surface area is 186 Å². The van der Waals surface area contributed by atoms with E-state index >= 15 is 0 Å². The Hall–Kier alpha value is -3.74. The standard InChI is InChI=1S/C26H25N3O3/c27-24-16-17-29(25(31)28-24)18-23(30)19-32-26(20-10-4-1-5-11-20,21-12-6-2-7-13-21)22-14-8-3-9-15-22/h1-17,23,30H,18-19H2,(H2,27,28,31)/t23-/m0/s1. The molecule has 0 bridgehead atoms. The number of hydrogen-bond acceptors (Lipinski definition) is 5. The highest BCUT2D eigenvalue weighted by Crippen LogP contribution is 2.40. The van der Waals surface area contributed by atoms with Gasteiger partial charge in [-0.15, -0.1) is 0 Å². The largest absolute Gasteiger partial charge is 0.389 e.